The maximum Gasteiger partial charge on any atom is 0.230 e. The number of carbonyl (C=O) groups is 1. The number of anilines is 1. The number of sulfone groups is 1. The van der Waals surface area contributed by atoms with Gasteiger partial charge in [-0.15, -0.1) is 0 Å². The fourth-order valence-electron chi connectivity index (χ4n) is 5.87. The summed E-state index contributed by atoms with van der Waals surface area (Å²) in [7, 11) is -6.45. The maximum atomic E-state index is 13.7. The molecule has 0 unspecified atom stereocenters. The fraction of sp³-hybridized carbons (Fsp3) is 0.567. The van der Waals surface area contributed by atoms with E-state index in [9.17, 15) is 21.6 Å². The third-order valence-corrected chi connectivity index (χ3v) is 12.3. The molecule has 0 radical (unpaired) electrons. The molecule has 8 nitrogen and oxygen atoms in total. The van der Waals surface area contributed by atoms with Crippen LogP contribution in [0.3, 0.4) is 0 Å². The summed E-state index contributed by atoms with van der Waals surface area (Å²) in [5.74, 6) is 0.416. The second kappa shape index (κ2) is 14.4. The van der Waals surface area contributed by atoms with Gasteiger partial charge in [-0.25, -0.2) is 21.1 Å². The minimum absolute atomic E-state index is 0.00185. The number of piperidine rings is 2. The van der Waals surface area contributed by atoms with Gasteiger partial charge in [0, 0.05) is 31.2 Å². The van der Waals surface area contributed by atoms with E-state index in [1.54, 1.807) is 36.1 Å². The molecule has 2 aromatic carbocycles. The summed E-state index contributed by atoms with van der Waals surface area (Å²) in [6, 6.07) is 12.6. The zero-order valence-electron chi connectivity index (χ0n) is 24.3. The Morgan fingerprint density at radius 3 is 2.12 bits per heavy atom. The maximum absolute atomic E-state index is 13.7. The van der Waals surface area contributed by atoms with E-state index in [2.05, 4.69) is 4.90 Å². The number of benzene rings is 2. The van der Waals surface area contributed by atoms with Gasteiger partial charge in [-0.05, 0) is 100.0 Å². The number of amides is 1. The minimum atomic E-state index is -3.27. The van der Waals surface area contributed by atoms with E-state index in [1.807, 2.05) is 18.2 Å². The van der Waals surface area contributed by atoms with E-state index in [4.69, 9.17) is 23.2 Å². The smallest absolute Gasteiger partial charge is 0.230 e. The average molecular weight is 659 g/mol. The molecule has 2 heterocycles. The molecule has 12 heteroatoms. The second-order valence-electron chi connectivity index (χ2n) is 11.4. The van der Waals surface area contributed by atoms with Crippen molar-refractivity contribution in [2.75, 3.05) is 56.2 Å². The van der Waals surface area contributed by atoms with Gasteiger partial charge in [-0.2, -0.15) is 0 Å². The zero-order chi connectivity index (χ0) is 30.5. The Morgan fingerprint density at radius 2 is 1.55 bits per heavy atom. The Balaban J connectivity index is 1.30. The van der Waals surface area contributed by atoms with Crippen LogP contribution < -0.4 is 4.90 Å². The quantitative estimate of drug-likeness (QED) is 0.332. The van der Waals surface area contributed by atoms with E-state index in [0.717, 1.165) is 45.3 Å². The summed E-state index contributed by atoms with van der Waals surface area (Å²) in [6.07, 6.45) is 6.08. The number of halogens is 2. The highest BCUT2D eigenvalue weighted by Crippen LogP contribution is 2.30. The Hall–Kier alpha value is -1.69. The van der Waals surface area contributed by atoms with E-state index >= 15 is 0 Å². The van der Waals surface area contributed by atoms with Crippen molar-refractivity contribution in [1.29, 1.82) is 0 Å². The van der Waals surface area contributed by atoms with Crippen molar-refractivity contribution in [2.24, 2.45) is 11.8 Å². The van der Waals surface area contributed by atoms with Crippen LogP contribution >= 0.6 is 23.2 Å². The largest absolute Gasteiger partial charge is 0.312 e. The van der Waals surface area contributed by atoms with Crippen LogP contribution in [0.5, 0.6) is 0 Å². The molecule has 0 atom stereocenters. The monoisotopic (exact) mass is 657 g/mol. The molecule has 2 saturated heterocycles. The molecule has 1 amide bonds. The SMILES string of the molecule is CCS(=O)(=O)c1ccc(CC2CCN(CCCN(C(=O)C3CCN(S(C)(=O)=O)CC3)c3ccc(Cl)c(Cl)c3)CC2)cc1. The Labute approximate surface area is 260 Å². The molecule has 4 rings (SSSR count). The van der Waals surface area contributed by atoms with Crippen LogP contribution in [0.1, 0.15) is 44.6 Å². The van der Waals surface area contributed by atoms with Crippen LogP contribution in [0.15, 0.2) is 47.4 Å². The van der Waals surface area contributed by atoms with E-state index in [1.165, 1.54) is 16.1 Å². The lowest BCUT2D eigenvalue weighted by Crippen LogP contribution is -2.45. The highest BCUT2D eigenvalue weighted by molar-refractivity contribution is 7.91. The average Bonchev–Trinajstić information content (AvgIpc) is 2.97. The number of rotatable bonds is 11. The predicted molar refractivity (Wildman–Crippen MR) is 170 cm³/mol. The highest BCUT2D eigenvalue weighted by atomic mass is 35.5. The van der Waals surface area contributed by atoms with Gasteiger partial charge in [0.25, 0.3) is 0 Å². The summed E-state index contributed by atoms with van der Waals surface area (Å²) in [6.45, 7) is 5.73. The van der Waals surface area contributed by atoms with Crippen molar-refractivity contribution >= 4 is 54.7 Å². The van der Waals surface area contributed by atoms with Gasteiger partial charge in [0.15, 0.2) is 9.84 Å². The van der Waals surface area contributed by atoms with Gasteiger partial charge in [0.2, 0.25) is 15.9 Å². The van der Waals surface area contributed by atoms with Crippen LogP contribution in [-0.4, -0.2) is 83.2 Å². The second-order valence-corrected chi connectivity index (χ2v) is 16.5. The molecule has 0 saturated carbocycles. The Bertz CT molecular complexity index is 1440. The number of hydrogen-bond acceptors (Lipinski definition) is 6. The third kappa shape index (κ3) is 8.70. The van der Waals surface area contributed by atoms with Crippen LogP contribution in [0.4, 0.5) is 5.69 Å². The normalized spacial score (nSPS) is 18.3. The highest BCUT2D eigenvalue weighted by Gasteiger charge is 2.32. The van der Waals surface area contributed by atoms with Crippen molar-refractivity contribution in [3.05, 3.63) is 58.1 Å². The molecule has 0 aromatic heterocycles. The van der Waals surface area contributed by atoms with E-state index in [0.29, 0.717) is 59.0 Å². The van der Waals surface area contributed by atoms with Gasteiger partial charge in [-0.3, -0.25) is 4.79 Å². The third-order valence-electron chi connectivity index (χ3n) is 8.50. The van der Waals surface area contributed by atoms with Gasteiger partial charge >= 0.3 is 0 Å². The summed E-state index contributed by atoms with van der Waals surface area (Å²) in [4.78, 5) is 18.3. The molecule has 42 heavy (non-hydrogen) atoms. The Kier molecular flexibility index (Phi) is 11.4. The molecule has 232 valence electrons. The van der Waals surface area contributed by atoms with Gasteiger partial charge in [-0.1, -0.05) is 42.3 Å². The van der Waals surface area contributed by atoms with Crippen molar-refractivity contribution in [3.63, 3.8) is 0 Å². The molecule has 2 aliphatic rings. The number of nitrogens with zero attached hydrogens (tertiary/aromatic N) is 3. The van der Waals surface area contributed by atoms with Crippen molar-refractivity contribution < 1.29 is 21.6 Å². The Morgan fingerprint density at radius 1 is 0.905 bits per heavy atom. The zero-order valence-corrected chi connectivity index (χ0v) is 27.5. The first kappa shape index (κ1) is 33.2. The molecule has 2 fully saturated rings. The van der Waals surface area contributed by atoms with E-state index in [-0.39, 0.29) is 17.6 Å². The van der Waals surface area contributed by atoms with Crippen molar-refractivity contribution in [2.45, 2.75) is 50.3 Å². The van der Waals surface area contributed by atoms with Crippen molar-refractivity contribution in [3.8, 4) is 0 Å². The summed E-state index contributed by atoms with van der Waals surface area (Å²) in [5, 5.41) is 0.821. The first-order valence-electron chi connectivity index (χ1n) is 14.6. The summed E-state index contributed by atoms with van der Waals surface area (Å²) < 4.78 is 49.4. The van der Waals surface area contributed by atoms with Crippen LogP contribution in [0.2, 0.25) is 10.0 Å². The van der Waals surface area contributed by atoms with Gasteiger partial charge in [0.1, 0.15) is 0 Å². The molecular weight excluding hydrogens is 617 g/mol. The fourth-order valence-corrected chi connectivity index (χ4v) is 7.92. The number of hydrogen-bond donors (Lipinski definition) is 0. The topological polar surface area (TPSA) is 95.1 Å². The molecule has 2 aromatic rings. The molecule has 2 aliphatic heterocycles. The lowest BCUT2D eigenvalue weighted by molar-refractivity contribution is -0.123. The number of carbonyl (C=O) groups excluding carboxylic acids is 1. The number of likely N-dealkylation sites (tertiary alicyclic amines) is 1. The lowest BCUT2D eigenvalue weighted by atomic mass is 9.90. The molecule has 0 spiro atoms. The van der Waals surface area contributed by atoms with E-state index < -0.39 is 19.9 Å². The van der Waals surface area contributed by atoms with Crippen molar-refractivity contribution in [1.82, 2.24) is 9.21 Å². The van der Waals surface area contributed by atoms with Crippen LogP contribution in [-0.2, 0) is 31.1 Å². The van der Waals surface area contributed by atoms with Gasteiger partial charge < -0.3 is 9.80 Å². The standard InChI is InChI=1S/C30H41Cl2N3O5S2/c1-3-42(39,40)27-8-5-23(6-9-27)21-24-11-17-33(18-12-24)15-4-16-35(26-7-10-28(31)29(32)22-26)30(36)25-13-19-34(20-14-25)41(2,37)38/h5-10,22,24-25H,3-4,11-21H2,1-2H3. The first-order valence-corrected chi connectivity index (χ1v) is 18.9. The minimum Gasteiger partial charge on any atom is -0.312 e. The molecule has 0 aliphatic carbocycles. The summed E-state index contributed by atoms with van der Waals surface area (Å²) >= 11 is 12.4. The van der Waals surface area contributed by atoms with Crippen LogP contribution in [0, 0.1) is 11.8 Å². The molecular formula is C30H41Cl2N3O5S2. The molecule has 0 N–H and O–H groups in total. The molecule has 0 bridgehead atoms. The summed E-state index contributed by atoms with van der Waals surface area (Å²) in [5.41, 5.74) is 1.87. The predicted octanol–water partition coefficient (Wildman–Crippen LogP) is 5.14. The van der Waals surface area contributed by atoms with Crippen LogP contribution in [0.25, 0.3) is 0 Å². The number of sulfonamides is 1. The van der Waals surface area contributed by atoms with Gasteiger partial charge in [0.05, 0.1) is 26.9 Å². The first-order chi connectivity index (χ1) is 19.9. The lowest BCUT2D eigenvalue weighted by Gasteiger charge is -2.35.